The normalized spacial score (nSPS) is 13.1. The molecule has 1 aliphatic carbocycles. The molecule has 1 aliphatic rings. The van der Waals surface area contributed by atoms with Crippen LogP contribution in [0, 0.1) is 0 Å². The van der Waals surface area contributed by atoms with E-state index in [1.165, 1.54) is 50.9 Å². The van der Waals surface area contributed by atoms with Crippen molar-refractivity contribution in [2.75, 3.05) is 38.2 Å². The van der Waals surface area contributed by atoms with Crippen molar-refractivity contribution in [3.63, 3.8) is 0 Å². The molecule has 8 aromatic carbocycles. The Morgan fingerprint density at radius 2 is 0.771 bits per heavy atom. The summed E-state index contributed by atoms with van der Waals surface area (Å²) in [6.45, 7) is 4.48. The van der Waals surface area contributed by atoms with E-state index in [0.29, 0.717) is 0 Å². The van der Waals surface area contributed by atoms with Crippen LogP contribution < -0.4 is 28.7 Å². The summed E-state index contributed by atoms with van der Waals surface area (Å²) in [5, 5.41) is 0. The van der Waals surface area contributed by atoms with Gasteiger partial charge in [-0.25, -0.2) is 0 Å². The molecule has 8 aromatic rings. The van der Waals surface area contributed by atoms with Crippen molar-refractivity contribution in [2.45, 2.75) is 77.0 Å². The lowest BCUT2D eigenvalue weighted by molar-refractivity contribution is 0.341. The number of methoxy groups -OCH3 is 4. The first-order valence-electron chi connectivity index (χ1n) is 25.0. The van der Waals surface area contributed by atoms with Gasteiger partial charge in [0, 0.05) is 28.2 Å². The first-order valence-corrected chi connectivity index (χ1v) is 25.0. The van der Waals surface area contributed by atoms with Crippen LogP contribution in [-0.2, 0) is 18.3 Å². The van der Waals surface area contributed by atoms with Crippen molar-refractivity contribution in [2.24, 2.45) is 0 Å². The SMILES string of the molecule is CCCc1ccccc1-c1ccc(N(c2ccc(OC)cc2)c2ccc(C3(c4ccc(N(c5ccc(OC)cc5)c5ccc(-c6ccccc6CCC)cc5)c(OC)c4)CCCCC3)cc2OC)cc1. The van der Waals surface area contributed by atoms with Crippen molar-refractivity contribution < 1.29 is 18.9 Å². The molecule has 0 amide bonds. The lowest BCUT2D eigenvalue weighted by Crippen LogP contribution is -2.31. The molecule has 0 radical (unpaired) electrons. The van der Waals surface area contributed by atoms with Gasteiger partial charge in [-0.1, -0.05) is 131 Å². The second kappa shape index (κ2) is 21.9. The molecule has 6 heteroatoms. The fourth-order valence-corrected chi connectivity index (χ4v) is 10.7. The van der Waals surface area contributed by atoms with Gasteiger partial charge in [0.25, 0.3) is 0 Å². The van der Waals surface area contributed by atoms with Gasteiger partial charge in [0.15, 0.2) is 0 Å². The molecule has 0 spiro atoms. The summed E-state index contributed by atoms with van der Waals surface area (Å²) in [6.07, 6.45) is 9.80. The number of anilines is 6. The predicted octanol–water partition coefficient (Wildman–Crippen LogP) is 17.1. The Balaban J connectivity index is 1.11. The summed E-state index contributed by atoms with van der Waals surface area (Å²) in [5.41, 5.74) is 16.0. The van der Waals surface area contributed by atoms with Crippen LogP contribution in [0.5, 0.6) is 23.0 Å². The molecule has 0 saturated heterocycles. The van der Waals surface area contributed by atoms with Gasteiger partial charge in [-0.15, -0.1) is 0 Å². The lowest BCUT2D eigenvalue weighted by Gasteiger charge is -2.40. The summed E-state index contributed by atoms with van der Waals surface area (Å²) < 4.78 is 24.0. The van der Waals surface area contributed by atoms with E-state index in [4.69, 9.17) is 18.9 Å². The zero-order valence-electron chi connectivity index (χ0n) is 41.7. The van der Waals surface area contributed by atoms with Gasteiger partial charge in [0.05, 0.1) is 39.8 Å². The number of benzene rings is 8. The van der Waals surface area contributed by atoms with E-state index in [9.17, 15) is 0 Å². The maximum absolute atomic E-state index is 6.42. The number of nitrogens with zero attached hydrogens (tertiary/aromatic N) is 2. The fourth-order valence-electron chi connectivity index (χ4n) is 10.7. The molecule has 1 saturated carbocycles. The highest BCUT2D eigenvalue weighted by molar-refractivity contribution is 5.84. The summed E-state index contributed by atoms with van der Waals surface area (Å²) in [7, 11) is 6.99. The smallest absolute Gasteiger partial charge is 0.143 e. The molecule has 0 aromatic heterocycles. The molecular weight excluding hydrogens is 861 g/mol. The van der Waals surface area contributed by atoms with Crippen LogP contribution in [0.1, 0.15) is 81.0 Å². The number of hydrogen-bond acceptors (Lipinski definition) is 6. The van der Waals surface area contributed by atoms with Crippen LogP contribution in [0.15, 0.2) is 182 Å². The Morgan fingerprint density at radius 3 is 1.13 bits per heavy atom. The maximum Gasteiger partial charge on any atom is 0.143 e. The predicted molar refractivity (Wildman–Crippen MR) is 291 cm³/mol. The average molecular weight is 927 g/mol. The van der Waals surface area contributed by atoms with E-state index in [1.54, 1.807) is 28.4 Å². The quantitative estimate of drug-likeness (QED) is 0.0854. The molecule has 0 N–H and O–H groups in total. The van der Waals surface area contributed by atoms with E-state index in [1.807, 2.05) is 24.3 Å². The highest BCUT2D eigenvalue weighted by Crippen LogP contribution is 2.51. The van der Waals surface area contributed by atoms with Crippen molar-refractivity contribution in [1.82, 2.24) is 0 Å². The number of ether oxygens (including phenoxy) is 4. The minimum Gasteiger partial charge on any atom is -0.497 e. The molecule has 6 nitrogen and oxygen atoms in total. The van der Waals surface area contributed by atoms with Crippen molar-refractivity contribution in [1.29, 1.82) is 0 Å². The fraction of sp³-hybridized carbons (Fsp3) is 0.250. The van der Waals surface area contributed by atoms with E-state index in [0.717, 1.165) is 108 Å². The van der Waals surface area contributed by atoms with Gasteiger partial charge in [0.1, 0.15) is 23.0 Å². The monoisotopic (exact) mass is 927 g/mol. The summed E-state index contributed by atoms with van der Waals surface area (Å²) in [4.78, 5) is 4.58. The van der Waals surface area contributed by atoms with Crippen molar-refractivity contribution in [3.8, 4) is 45.3 Å². The van der Waals surface area contributed by atoms with Crippen molar-refractivity contribution in [3.05, 3.63) is 204 Å². The number of rotatable bonds is 18. The summed E-state index contributed by atoms with van der Waals surface area (Å²) in [5.74, 6) is 3.24. The molecule has 0 bridgehead atoms. The van der Waals surface area contributed by atoms with Crippen LogP contribution in [0.3, 0.4) is 0 Å². The molecule has 0 heterocycles. The van der Waals surface area contributed by atoms with Gasteiger partial charge >= 0.3 is 0 Å². The Bertz CT molecular complexity index is 2780. The number of aryl methyl sites for hydroxylation is 2. The third kappa shape index (κ3) is 9.73. The average Bonchev–Trinajstić information content (AvgIpc) is 3.42. The van der Waals surface area contributed by atoms with Crippen LogP contribution >= 0.6 is 0 Å². The van der Waals surface area contributed by atoms with E-state index in [-0.39, 0.29) is 5.41 Å². The van der Waals surface area contributed by atoms with Gasteiger partial charge < -0.3 is 28.7 Å². The van der Waals surface area contributed by atoms with Crippen LogP contribution in [-0.4, -0.2) is 28.4 Å². The lowest BCUT2D eigenvalue weighted by atomic mass is 9.65. The molecule has 356 valence electrons. The summed E-state index contributed by atoms with van der Waals surface area (Å²) >= 11 is 0. The Kier molecular flexibility index (Phi) is 14.9. The first kappa shape index (κ1) is 47.6. The highest BCUT2D eigenvalue weighted by atomic mass is 16.5. The Labute approximate surface area is 416 Å². The molecular formula is C64H66N2O4. The highest BCUT2D eigenvalue weighted by Gasteiger charge is 2.38. The summed E-state index contributed by atoms with van der Waals surface area (Å²) in [6, 6.07) is 65.7. The minimum absolute atomic E-state index is 0.257. The number of hydrogen-bond donors (Lipinski definition) is 0. The zero-order chi connectivity index (χ0) is 48.5. The van der Waals surface area contributed by atoms with E-state index < -0.39 is 0 Å². The third-order valence-electron chi connectivity index (χ3n) is 14.3. The molecule has 9 rings (SSSR count). The Morgan fingerprint density at radius 1 is 0.400 bits per heavy atom. The van der Waals surface area contributed by atoms with Gasteiger partial charge in [-0.3, -0.25) is 0 Å². The first-order chi connectivity index (χ1) is 34.4. The largest absolute Gasteiger partial charge is 0.497 e. The van der Waals surface area contributed by atoms with Crippen molar-refractivity contribution >= 4 is 34.1 Å². The third-order valence-corrected chi connectivity index (χ3v) is 14.3. The van der Waals surface area contributed by atoms with E-state index in [2.05, 4.69) is 181 Å². The topological polar surface area (TPSA) is 43.4 Å². The van der Waals surface area contributed by atoms with Crippen LogP contribution in [0.2, 0.25) is 0 Å². The minimum atomic E-state index is -0.257. The van der Waals surface area contributed by atoms with Crippen LogP contribution in [0.25, 0.3) is 22.3 Å². The van der Waals surface area contributed by atoms with Gasteiger partial charge in [0.2, 0.25) is 0 Å². The van der Waals surface area contributed by atoms with E-state index >= 15 is 0 Å². The second-order valence-electron chi connectivity index (χ2n) is 18.4. The van der Waals surface area contributed by atoms with Gasteiger partial charge in [-0.05, 0) is 167 Å². The molecule has 0 atom stereocenters. The maximum atomic E-state index is 6.42. The van der Waals surface area contributed by atoms with Gasteiger partial charge in [-0.2, -0.15) is 0 Å². The zero-order valence-corrected chi connectivity index (χ0v) is 41.7. The Hall–Kier alpha value is -7.44. The molecule has 0 aliphatic heterocycles. The molecule has 0 unspecified atom stereocenters. The second-order valence-corrected chi connectivity index (χ2v) is 18.4. The standard InChI is InChI=1S/C64H66N2O4/c1-7-16-46-18-10-12-20-58(46)48-22-28-52(29-23-48)65(54-32-36-56(67-3)37-33-54)60-40-26-50(44-62(60)69-5)64(42-14-9-15-43-64)51-27-41-61(63(45-51)70-6)66(55-34-38-57(68-4)39-35-55)53-30-24-49(25-31-53)59-21-13-11-19-47(59)17-8-2/h10-13,18-41,44-45H,7-9,14-17,42-43H2,1-6H3. The van der Waals surface area contributed by atoms with Crippen LogP contribution in [0.4, 0.5) is 34.1 Å². The molecule has 70 heavy (non-hydrogen) atoms. The molecule has 1 fully saturated rings.